The largest absolute Gasteiger partial charge is 0.389 e. The van der Waals surface area contributed by atoms with E-state index in [1.807, 2.05) is 18.2 Å². The number of ether oxygens (including phenoxy) is 1. The molecule has 0 saturated carbocycles. The fraction of sp³-hybridized carbons (Fsp3) is 0.667. The molecule has 0 aliphatic carbocycles. The van der Waals surface area contributed by atoms with Crippen LogP contribution in [-0.2, 0) is 4.74 Å². The van der Waals surface area contributed by atoms with Crippen molar-refractivity contribution in [2.24, 2.45) is 0 Å². The lowest BCUT2D eigenvalue weighted by Crippen LogP contribution is -2.47. The highest BCUT2D eigenvalue weighted by atomic mass is 35.5. The van der Waals surface area contributed by atoms with Crippen molar-refractivity contribution in [1.82, 2.24) is 9.80 Å². The first-order chi connectivity index (χ1) is 11.7. The summed E-state index contributed by atoms with van der Waals surface area (Å²) in [5.41, 5.74) is 1.22. The Balaban J connectivity index is 1.36. The lowest BCUT2D eigenvalue weighted by molar-refractivity contribution is 0.0563. The SMILES string of the molecule is O[C@@H]1COCCN(CCCN2CCN(c3cccc(Cl)c3)CC2)C1. The summed E-state index contributed by atoms with van der Waals surface area (Å²) in [6.07, 6.45) is 0.804. The van der Waals surface area contributed by atoms with Gasteiger partial charge in [0.05, 0.1) is 19.3 Å². The van der Waals surface area contributed by atoms with Crippen LogP contribution in [0.5, 0.6) is 0 Å². The van der Waals surface area contributed by atoms with Gasteiger partial charge in [0.25, 0.3) is 0 Å². The van der Waals surface area contributed by atoms with Crippen LogP contribution in [0, 0.1) is 0 Å². The lowest BCUT2D eigenvalue weighted by Gasteiger charge is -2.36. The molecule has 1 atom stereocenters. The number of benzene rings is 1. The zero-order valence-electron chi connectivity index (χ0n) is 14.2. The van der Waals surface area contributed by atoms with Crippen molar-refractivity contribution in [3.05, 3.63) is 29.3 Å². The molecular formula is C18H28ClN3O2. The summed E-state index contributed by atoms with van der Waals surface area (Å²) in [7, 11) is 0. The van der Waals surface area contributed by atoms with Crippen molar-refractivity contribution in [2.75, 3.05) is 70.5 Å². The Labute approximate surface area is 149 Å². The van der Waals surface area contributed by atoms with Crippen molar-refractivity contribution in [1.29, 1.82) is 0 Å². The van der Waals surface area contributed by atoms with E-state index in [4.69, 9.17) is 16.3 Å². The van der Waals surface area contributed by atoms with E-state index in [0.717, 1.165) is 70.4 Å². The molecule has 3 rings (SSSR count). The van der Waals surface area contributed by atoms with Gasteiger partial charge in [-0.3, -0.25) is 9.80 Å². The number of aliphatic hydroxyl groups is 1. The second kappa shape index (κ2) is 9.02. The van der Waals surface area contributed by atoms with Crippen molar-refractivity contribution in [3.8, 4) is 0 Å². The maximum atomic E-state index is 9.77. The van der Waals surface area contributed by atoms with Crippen LogP contribution < -0.4 is 4.90 Å². The molecule has 2 saturated heterocycles. The van der Waals surface area contributed by atoms with E-state index in [0.29, 0.717) is 6.61 Å². The molecule has 134 valence electrons. The molecule has 0 unspecified atom stereocenters. The average molecular weight is 354 g/mol. The smallest absolute Gasteiger partial charge is 0.0900 e. The highest BCUT2D eigenvalue weighted by Gasteiger charge is 2.19. The van der Waals surface area contributed by atoms with Gasteiger partial charge in [-0.15, -0.1) is 0 Å². The first kappa shape index (κ1) is 18.0. The van der Waals surface area contributed by atoms with Crippen molar-refractivity contribution in [3.63, 3.8) is 0 Å². The predicted octanol–water partition coefficient (Wildman–Crippen LogP) is 1.55. The summed E-state index contributed by atoms with van der Waals surface area (Å²) in [6.45, 7) is 9.33. The summed E-state index contributed by atoms with van der Waals surface area (Å²) in [6, 6.07) is 8.12. The Bertz CT molecular complexity index is 509. The average Bonchev–Trinajstić information content (AvgIpc) is 2.79. The van der Waals surface area contributed by atoms with Gasteiger partial charge in [-0.2, -0.15) is 0 Å². The van der Waals surface area contributed by atoms with Gasteiger partial charge < -0.3 is 14.7 Å². The van der Waals surface area contributed by atoms with Crippen molar-refractivity contribution >= 4 is 17.3 Å². The molecule has 0 amide bonds. The summed E-state index contributed by atoms with van der Waals surface area (Å²) < 4.78 is 5.38. The first-order valence-electron chi connectivity index (χ1n) is 8.92. The Kier molecular flexibility index (Phi) is 6.75. The molecule has 24 heavy (non-hydrogen) atoms. The van der Waals surface area contributed by atoms with Crippen LogP contribution in [0.4, 0.5) is 5.69 Å². The zero-order chi connectivity index (χ0) is 16.8. The molecule has 0 radical (unpaired) electrons. The Morgan fingerprint density at radius 1 is 1.08 bits per heavy atom. The number of hydrogen-bond acceptors (Lipinski definition) is 5. The number of hydrogen-bond donors (Lipinski definition) is 1. The highest BCUT2D eigenvalue weighted by molar-refractivity contribution is 6.30. The Morgan fingerprint density at radius 3 is 2.67 bits per heavy atom. The maximum Gasteiger partial charge on any atom is 0.0900 e. The molecule has 6 heteroatoms. The van der Waals surface area contributed by atoms with Crippen LogP contribution in [0.2, 0.25) is 5.02 Å². The number of β-amino-alcohol motifs (C(OH)–C–C–N with tert-alkyl or cyclic N) is 1. The third-order valence-corrected chi connectivity index (χ3v) is 5.06. The van der Waals surface area contributed by atoms with E-state index in [-0.39, 0.29) is 6.10 Å². The number of aliphatic hydroxyl groups excluding tert-OH is 1. The molecular weight excluding hydrogens is 326 g/mol. The van der Waals surface area contributed by atoms with Gasteiger partial charge in [0, 0.05) is 50.0 Å². The molecule has 5 nitrogen and oxygen atoms in total. The quantitative estimate of drug-likeness (QED) is 0.869. The molecule has 1 aromatic rings. The molecule has 1 N–H and O–H groups in total. The summed E-state index contributed by atoms with van der Waals surface area (Å²) >= 11 is 6.09. The van der Waals surface area contributed by atoms with Gasteiger partial charge in [-0.25, -0.2) is 0 Å². The maximum absolute atomic E-state index is 9.77. The van der Waals surface area contributed by atoms with Crippen molar-refractivity contribution < 1.29 is 9.84 Å². The minimum absolute atomic E-state index is 0.339. The molecule has 1 aromatic carbocycles. The monoisotopic (exact) mass is 353 g/mol. The lowest BCUT2D eigenvalue weighted by atomic mass is 10.2. The van der Waals surface area contributed by atoms with E-state index in [2.05, 4.69) is 20.8 Å². The molecule has 2 fully saturated rings. The van der Waals surface area contributed by atoms with Crippen LogP contribution in [0.3, 0.4) is 0 Å². The van der Waals surface area contributed by atoms with Crippen LogP contribution >= 0.6 is 11.6 Å². The van der Waals surface area contributed by atoms with Crippen LogP contribution in [-0.4, -0.2) is 86.6 Å². The van der Waals surface area contributed by atoms with Gasteiger partial charge >= 0.3 is 0 Å². The number of halogens is 1. The molecule has 0 bridgehead atoms. The molecule has 2 heterocycles. The normalized spacial score (nSPS) is 24.1. The molecule has 0 aromatic heterocycles. The standard InChI is InChI=1S/C18H28ClN3O2/c19-16-3-1-4-17(13-16)22-9-7-20(8-10-22)5-2-6-21-11-12-24-15-18(23)14-21/h1,3-4,13,18,23H,2,5-12,14-15H2/t18-/m0/s1. The Hall–Kier alpha value is -0.850. The molecule has 2 aliphatic heterocycles. The fourth-order valence-corrected chi connectivity index (χ4v) is 3.66. The number of anilines is 1. The van der Waals surface area contributed by atoms with Gasteiger partial charge in [0.2, 0.25) is 0 Å². The summed E-state index contributed by atoms with van der Waals surface area (Å²) in [4.78, 5) is 7.26. The third-order valence-electron chi connectivity index (χ3n) is 4.83. The summed E-state index contributed by atoms with van der Waals surface area (Å²) in [5.74, 6) is 0. The minimum atomic E-state index is -0.339. The second-order valence-electron chi connectivity index (χ2n) is 6.69. The van der Waals surface area contributed by atoms with Crippen LogP contribution in [0.1, 0.15) is 6.42 Å². The van der Waals surface area contributed by atoms with Crippen molar-refractivity contribution in [2.45, 2.75) is 12.5 Å². The van der Waals surface area contributed by atoms with E-state index >= 15 is 0 Å². The zero-order valence-corrected chi connectivity index (χ0v) is 15.0. The van der Waals surface area contributed by atoms with Gasteiger partial charge in [0.1, 0.15) is 0 Å². The number of piperazine rings is 1. The molecule has 2 aliphatic rings. The molecule has 0 spiro atoms. The van der Waals surface area contributed by atoms with E-state index < -0.39 is 0 Å². The Morgan fingerprint density at radius 2 is 1.88 bits per heavy atom. The summed E-state index contributed by atoms with van der Waals surface area (Å²) in [5, 5.41) is 10.6. The van der Waals surface area contributed by atoms with E-state index in [1.165, 1.54) is 5.69 Å². The van der Waals surface area contributed by atoms with E-state index in [9.17, 15) is 5.11 Å². The highest BCUT2D eigenvalue weighted by Crippen LogP contribution is 2.20. The third kappa shape index (κ3) is 5.33. The van der Waals surface area contributed by atoms with Gasteiger partial charge in [0.15, 0.2) is 0 Å². The van der Waals surface area contributed by atoms with Gasteiger partial charge in [-0.05, 0) is 37.7 Å². The first-order valence-corrected chi connectivity index (χ1v) is 9.29. The topological polar surface area (TPSA) is 39.2 Å². The number of nitrogens with zero attached hydrogens (tertiary/aromatic N) is 3. The minimum Gasteiger partial charge on any atom is -0.389 e. The number of rotatable bonds is 5. The predicted molar refractivity (Wildman–Crippen MR) is 98.0 cm³/mol. The van der Waals surface area contributed by atoms with Crippen LogP contribution in [0.15, 0.2) is 24.3 Å². The second-order valence-corrected chi connectivity index (χ2v) is 7.13. The van der Waals surface area contributed by atoms with Gasteiger partial charge in [-0.1, -0.05) is 17.7 Å². The van der Waals surface area contributed by atoms with Crippen LogP contribution in [0.25, 0.3) is 0 Å². The van der Waals surface area contributed by atoms with E-state index in [1.54, 1.807) is 0 Å². The fourth-order valence-electron chi connectivity index (χ4n) is 3.48.